The van der Waals surface area contributed by atoms with Gasteiger partial charge in [0, 0.05) is 24.5 Å². The second kappa shape index (κ2) is 6.79. The zero-order chi connectivity index (χ0) is 15.4. The summed E-state index contributed by atoms with van der Waals surface area (Å²) in [5, 5.41) is 7.88. The van der Waals surface area contributed by atoms with Crippen LogP contribution in [0.2, 0.25) is 0 Å². The lowest BCUT2D eigenvalue weighted by Crippen LogP contribution is -2.39. The largest absolute Gasteiger partial charge is 0.490 e. The van der Waals surface area contributed by atoms with Gasteiger partial charge in [0.15, 0.2) is 0 Å². The van der Waals surface area contributed by atoms with Crippen LogP contribution in [-0.4, -0.2) is 22.9 Å². The van der Waals surface area contributed by atoms with Crippen molar-refractivity contribution in [1.29, 1.82) is 0 Å². The Kier molecular flexibility index (Phi) is 4.58. The first-order valence-corrected chi connectivity index (χ1v) is 7.66. The van der Waals surface area contributed by atoms with Crippen LogP contribution in [0.25, 0.3) is 0 Å². The van der Waals surface area contributed by atoms with Crippen LogP contribution in [-0.2, 0) is 6.54 Å². The van der Waals surface area contributed by atoms with Gasteiger partial charge in [0.25, 0.3) is 0 Å². The van der Waals surface area contributed by atoms with Gasteiger partial charge in [-0.3, -0.25) is 9.48 Å². The van der Waals surface area contributed by atoms with E-state index < -0.39 is 0 Å². The number of rotatable bonds is 5. The van der Waals surface area contributed by atoms with Crippen LogP contribution in [0.5, 0.6) is 5.75 Å². The van der Waals surface area contributed by atoms with E-state index in [-0.39, 0.29) is 11.2 Å². The standard InChI is InChI=1S/C16H21N3O3/c1-21-16-11-22-12(9-15(16)20)10-17-13-5-2-3-6-14(13)19-8-4-7-18-19/h4,7-9,11,13-14,17H,2-3,5-6,10H2,1H3. The zero-order valence-corrected chi connectivity index (χ0v) is 12.7. The number of nitrogens with one attached hydrogen (secondary N) is 1. The van der Waals surface area contributed by atoms with Gasteiger partial charge in [-0.2, -0.15) is 5.10 Å². The normalized spacial score (nSPS) is 21.7. The fourth-order valence-electron chi connectivity index (χ4n) is 3.05. The van der Waals surface area contributed by atoms with E-state index in [1.807, 2.05) is 23.1 Å². The molecule has 2 aromatic heterocycles. The minimum atomic E-state index is -0.155. The lowest BCUT2D eigenvalue weighted by molar-refractivity contribution is 0.240. The van der Waals surface area contributed by atoms with Crippen LogP contribution in [0.3, 0.4) is 0 Å². The number of aromatic nitrogens is 2. The van der Waals surface area contributed by atoms with Crippen molar-refractivity contribution in [3.05, 3.63) is 46.8 Å². The first kappa shape index (κ1) is 14.8. The van der Waals surface area contributed by atoms with Crippen molar-refractivity contribution >= 4 is 0 Å². The van der Waals surface area contributed by atoms with E-state index in [0.29, 0.717) is 24.4 Å². The summed E-state index contributed by atoms with van der Waals surface area (Å²) in [5.41, 5.74) is -0.155. The van der Waals surface area contributed by atoms with Gasteiger partial charge in [0.2, 0.25) is 11.2 Å². The number of ether oxygens (including phenoxy) is 1. The number of hydrogen-bond donors (Lipinski definition) is 1. The molecule has 0 aliphatic heterocycles. The number of nitrogens with zero attached hydrogens (tertiary/aromatic N) is 2. The highest BCUT2D eigenvalue weighted by Gasteiger charge is 2.26. The van der Waals surface area contributed by atoms with E-state index in [0.717, 1.165) is 12.8 Å². The highest BCUT2D eigenvalue weighted by molar-refractivity contribution is 5.17. The summed E-state index contributed by atoms with van der Waals surface area (Å²) >= 11 is 0. The van der Waals surface area contributed by atoms with Gasteiger partial charge in [0.1, 0.15) is 12.0 Å². The minimum absolute atomic E-state index is 0.155. The summed E-state index contributed by atoms with van der Waals surface area (Å²) in [4.78, 5) is 11.7. The van der Waals surface area contributed by atoms with Crippen molar-refractivity contribution in [2.45, 2.75) is 44.3 Å². The molecular weight excluding hydrogens is 282 g/mol. The molecule has 1 fully saturated rings. The van der Waals surface area contributed by atoms with Crippen molar-refractivity contribution in [2.75, 3.05) is 7.11 Å². The fraction of sp³-hybridized carbons (Fsp3) is 0.500. The molecule has 1 aliphatic rings. The SMILES string of the molecule is COc1coc(CNC2CCCCC2n2cccn2)cc1=O. The Morgan fingerprint density at radius 1 is 1.45 bits per heavy atom. The molecule has 6 heteroatoms. The van der Waals surface area contributed by atoms with Gasteiger partial charge >= 0.3 is 0 Å². The first-order chi connectivity index (χ1) is 10.8. The molecule has 1 saturated carbocycles. The smallest absolute Gasteiger partial charge is 0.227 e. The molecule has 2 heterocycles. The van der Waals surface area contributed by atoms with Crippen molar-refractivity contribution in [3.63, 3.8) is 0 Å². The maximum atomic E-state index is 11.7. The monoisotopic (exact) mass is 303 g/mol. The van der Waals surface area contributed by atoms with Gasteiger partial charge in [-0.15, -0.1) is 0 Å². The Morgan fingerprint density at radius 3 is 3.05 bits per heavy atom. The van der Waals surface area contributed by atoms with Gasteiger partial charge in [-0.1, -0.05) is 12.8 Å². The van der Waals surface area contributed by atoms with Crippen LogP contribution in [0.15, 0.2) is 40.0 Å². The second-order valence-corrected chi connectivity index (χ2v) is 5.60. The fourth-order valence-corrected chi connectivity index (χ4v) is 3.05. The van der Waals surface area contributed by atoms with Crippen LogP contribution in [0, 0.1) is 0 Å². The zero-order valence-electron chi connectivity index (χ0n) is 12.7. The second-order valence-electron chi connectivity index (χ2n) is 5.60. The van der Waals surface area contributed by atoms with Gasteiger partial charge in [0.05, 0.1) is 19.7 Å². The van der Waals surface area contributed by atoms with E-state index >= 15 is 0 Å². The van der Waals surface area contributed by atoms with Crippen molar-refractivity contribution in [2.24, 2.45) is 0 Å². The average molecular weight is 303 g/mol. The van der Waals surface area contributed by atoms with Crippen LogP contribution < -0.4 is 15.5 Å². The molecule has 2 aromatic rings. The maximum Gasteiger partial charge on any atom is 0.227 e. The highest BCUT2D eigenvalue weighted by atomic mass is 16.5. The van der Waals surface area contributed by atoms with Crippen LogP contribution in [0.4, 0.5) is 0 Å². The molecular formula is C16H21N3O3. The molecule has 3 rings (SSSR count). The van der Waals surface area contributed by atoms with Crippen molar-refractivity contribution in [3.8, 4) is 5.75 Å². The molecule has 0 saturated heterocycles. The molecule has 0 spiro atoms. The Morgan fingerprint density at radius 2 is 2.32 bits per heavy atom. The molecule has 0 amide bonds. The number of hydrogen-bond acceptors (Lipinski definition) is 5. The minimum Gasteiger partial charge on any atom is -0.490 e. The Labute approximate surface area is 129 Å². The molecule has 0 bridgehead atoms. The summed E-state index contributed by atoms with van der Waals surface area (Å²) in [7, 11) is 1.46. The summed E-state index contributed by atoms with van der Waals surface area (Å²) in [6.07, 6.45) is 9.84. The molecule has 1 aliphatic carbocycles. The summed E-state index contributed by atoms with van der Waals surface area (Å²) in [6.45, 7) is 0.529. The van der Waals surface area contributed by atoms with E-state index in [4.69, 9.17) is 9.15 Å². The molecule has 118 valence electrons. The van der Waals surface area contributed by atoms with Crippen LogP contribution >= 0.6 is 0 Å². The van der Waals surface area contributed by atoms with E-state index in [9.17, 15) is 4.79 Å². The predicted octanol–water partition coefficient (Wildman–Crippen LogP) is 2.12. The number of methoxy groups -OCH3 is 1. The van der Waals surface area contributed by atoms with E-state index in [1.165, 1.54) is 32.3 Å². The lowest BCUT2D eigenvalue weighted by Gasteiger charge is -2.32. The Hall–Kier alpha value is -2.08. The molecule has 0 aromatic carbocycles. The molecule has 2 atom stereocenters. The topological polar surface area (TPSA) is 69.3 Å². The third-order valence-electron chi connectivity index (χ3n) is 4.20. The summed E-state index contributed by atoms with van der Waals surface area (Å²) < 4.78 is 12.4. The summed E-state index contributed by atoms with van der Waals surface area (Å²) in [6, 6.07) is 4.13. The molecule has 6 nitrogen and oxygen atoms in total. The van der Waals surface area contributed by atoms with Crippen molar-refractivity contribution < 1.29 is 9.15 Å². The summed E-state index contributed by atoms with van der Waals surface area (Å²) in [5.74, 6) is 0.853. The van der Waals surface area contributed by atoms with E-state index in [2.05, 4.69) is 10.4 Å². The maximum absolute atomic E-state index is 11.7. The van der Waals surface area contributed by atoms with Gasteiger partial charge < -0.3 is 14.5 Å². The van der Waals surface area contributed by atoms with Gasteiger partial charge in [-0.05, 0) is 18.9 Å². The average Bonchev–Trinajstić information content (AvgIpc) is 3.07. The van der Waals surface area contributed by atoms with Gasteiger partial charge in [-0.25, -0.2) is 0 Å². The lowest BCUT2D eigenvalue weighted by atomic mass is 9.90. The molecule has 2 unspecified atom stereocenters. The predicted molar refractivity (Wildman–Crippen MR) is 81.9 cm³/mol. The van der Waals surface area contributed by atoms with E-state index in [1.54, 1.807) is 0 Å². The third-order valence-corrected chi connectivity index (χ3v) is 4.20. The van der Waals surface area contributed by atoms with Crippen molar-refractivity contribution in [1.82, 2.24) is 15.1 Å². The third kappa shape index (κ3) is 3.22. The quantitative estimate of drug-likeness (QED) is 0.916. The highest BCUT2D eigenvalue weighted by Crippen LogP contribution is 2.28. The van der Waals surface area contributed by atoms with Crippen LogP contribution in [0.1, 0.15) is 37.5 Å². The molecule has 0 radical (unpaired) electrons. The Balaban J connectivity index is 1.66. The molecule has 22 heavy (non-hydrogen) atoms. The molecule has 1 N–H and O–H groups in total. The first-order valence-electron chi connectivity index (χ1n) is 7.66. The Bertz CT molecular complexity index is 651.